The molecule has 0 spiro atoms. The lowest BCUT2D eigenvalue weighted by Crippen LogP contribution is -2.46. The van der Waals surface area contributed by atoms with Gasteiger partial charge < -0.3 is 4.90 Å². The van der Waals surface area contributed by atoms with Crippen LogP contribution in [0, 0.1) is 11.8 Å². The topological polar surface area (TPSA) is 19.4 Å². The van der Waals surface area contributed by atoms with Crippen molar-refractivity contribution in [1.82, 2.24) is 9.88 Å². The van der Waals surface area contributed by atoms with Gasteiger partial charge in [-0.3, -0.25) is 4.90 Å². The highest BCUT2D eigenvalue weighted by Crippen LogP contribution is 2.18. The van der Waals surface area contributed by atoms with Gasteiger partial charge >= 0.3 is 0 Å². The standard InChI is InChI=1S/C18H21N3S/c1-2-16-5-3-6-17(15-16)7-4-9-20-10-12-21(13-11-20)18-19-8-14-22-18/h3,5-6,8,14-15H,2,9-13H2,1H3. The summed E-state index contributed by atoms with van der Waals surface area (Å²) in [5.41, 5.74) is 2.48. The Morgan fingerprint density at radius 2 is 2.09 bits per heavy atom. The van der Waals surface area contributed by atoms with Crippen LogP contribution in [0.4, 0.5) is 5.13 Å². The molecule has 2 heterocycles. The fourth-order valence-corrected chi connectivity index (χ4v) is 3.29. The van der Waals surface area contributed by atoms with E-state index < -0.39 is 0 Å². The largest absolute Gasteiger partial charge is 0.346 e. The van der Waals surface area contributed by atoms with Gasteiger partial charge in [0.1, 0.15) is 0 Å². The molecule has 0 radical (unpaired) electrons. The number of hydrogen-bond acceptors (Lipinski definition) is 4. The lowest BCUT2D eigenvalue weighted by molar-refractivity contribution is 0.288. The molecule has 22 heavy (non-hydrogen) atoms. The number of aromatic nitrogens is 1. The van der Waals surface area contributed by atoms with Crippen LogP contribution in [0.3, 0.4) is 0 Å². The Kier molecular flexibility index (Phi) is 5.10. The van der Waals surface area contributed by atoms with Crippen molar-refractivity contribution in [3.8, 4) is 11.8 Å². The van der Waals surface area contributed by atoms with Crippen LogP contribution in [0.2, 0.25) is 0 Å². The minimum Gasteiger partial charge on any atom is -0.346 e. The first-order chi connectivity index (χ1) is 10.8. The molecule has 1 aliphatic rings. The SMILES string of the molecule is CCc1cccc(C#CCN2CCN(c3nccs3)CC2)c1. The van der Waals surface area contributed by atoms with E-state index in [1.54, 1.807) is 11.3 Å². The average molecular weight is 311 g/mol. The van der Waals surface area contributed by atoms with Gasteiger partial charge in [-0.05, 0) is 24.1 Å². The van der Waals surface area contributed by atoms with Crippen LogP contribution in [-0.4, -0.2) is 42.6 Å². The maximum Gasteiger partial charge on any atom is 0.185 e. The van der Waals surface area contributed by atoms with E-state index >= 15 is 0 Å². The number of nitrogens with zero attached hydrogens (tertiary/aromatic N) is 3. The van der Waals surface area contributed by atoms with Crippen LogP contribution in [0.15, 0.2) is 35.8 Å². The van der Waals surface area contributed by atoms with E-state index in [4.69, 9.17) is 0 Å². The summed E-state index contributed by atoms with van der Waals surface area (Å²) in [7, 11) is 0. The molecule has 0 saturated carbocycles. The summed E-state index contributed by atoms with van der Waals surface area (Å²) in [5.74, 6) is 6.61. The zero-order valence-electron chi connectivity index (χ0n) is 13.0. The maximum absolute atomic E-state index is 4.38. The predicted octanol–water partition coefficient (Wildman–Crippen LogP) is 2.88. The highest BCUT2D eigenvalue weighted by atomic mass is 32.1. The Balaban J connectivity index is 1.50. The van der Waals surface area contributed by atoms with E-state index in [2.05, 4.69) is 57.8 Å². The Labute approximate surface area is 136 Å². The lowest BCUT2D eigenvalue weighted by atomic mass is 10.1. The van der Waals surface area contributed by atoms with Crippen molar-refractivity contribution in [2.45, 2.75) is 13.3 Å². The van der Waals surface area contributed by atoms with Gasteiger partial charge in [-0.2, -0.15) is 0 Å². The Morgan fingerprint density at radius 1 is 1.23 bits per heavy atom. The first kappa shape index (κ1) is 15.1. The molecule has 0 atom stereocenters. The molecule has 0 bridgehead atoms. The van der Waals surface area contributed by atoms with Crippen LogP contribution in [-0.2, 0) is 6.42 Å². The molecule has 1 fully saturated rings. The van der Waals surface area contributed by atoms with Crippen LogP contribution in [0.25, 0.3) is 0 Å². The molecule has 3 rings (SSSR count). The van der Waals surface area contributed by atoms with Gasteiger partial charge in [0.2, 0.25) is 0 Å². The van der Waals surface area contributed by atoms with E-state index in [1.807, 2.05) is 11.6 Å². The summed E-state index contributed by atoms with van der Waals surface area (Å²) >= 11 is 1.72. The van der Waals surface area contributed by atoms with E-state index in [9.17, 15) is 0 Å². The third-order valence-electron chi connectivity index (χ3n) is 3.93. The van der Waals surface area contributed by atoms with Crippen molar-refractivity contribution >= 4 is 16.5 Å². The molecular weight excluding hydrogens is 290 g/mol. The quantitative estimate of drug-likeness (QED) is 0.813. The van der Waals surface area contributed by atoms with Crippen LogP contribution < -0.4 is 4.90 Å². The molecule has 1 aromatic carbocycles. The van der Waals surface area contributed by atoms with Crippen LogP contribution in [0.5, 0.6) is 0 Å². The molecule has 1 saturated heterocycles. The molecule has 0 amide bonds. The first-order valence-corrected chi connectivity index (χ1v) is 8.67. The summed E-state index contributed by atoms with van der Waals surface area (Å²) < 4.78 is 0. The Hall–Kier alpha value is -1.83. The second kappa shape index (κ2) is 7.44. The zero-order chi connectivity index (χ0) is 15.2. The normalized spacial score (nSPS) is 15.4. The highest BCUT2D eigenvalue weighted by Gasteiger charge is 2.17. The molecule has 1 aromatic heterocycles. The molecule has 0 N–H and O–H groups in total. The van der Waals surface area contributed by atoms with Gasteiger partial charge in [0.15, 0.2) is 5.13 Å². The molecule has 114 valence electrons. The van der Waals surface area contributed by atoms with E-state index in [0.717, 1.165) is 49.8 Å². The summed E-state index contributed by atoms with van der Waals surface area (Å²) in [6.07, 6.45) is 2.94. The number of aryl methyl sites for hydroxylation is 1. The second-order valence-electron chi connectivity index (χ2n) is 5.43. The van der Waals surface area contributed by atoms with Crippen LogP contribution in [0.1, 0.15) is 18.1 Å². The van der Waals surface area contributed by atoms with Gasteiger partial charge in [-0.15, -0.1) is 11.3 Å². The molecular formula is C18H21N3S. The molecule has 0 aliphatic carbocycles. The Bertz CT molecular complexity index is 646. The fraction of sp³-hybridized carbons (Fsp3) is 0.389. The van der Waals surface area contributed by atoms with E-state index in [1.165, 1.54) is 5.56 Å². The minimum absolute atomic E-state index is 0.849. The van der Waals surface area contributed by atoms with Crippen molar-refractivity contribution in [2.24, 2.45) is 0 Å². The molecule has 4 heteroatoms. The number of anilines is 1. The number of benzene rings is 1. The van der Waals surface area contributed by atoms with Crippen molar-refractivity contribution in [2.75, 3.05) is 37.6 Å². The summed E-state index contributed by atoms with van der Waals surface area (Å²) in [4.78, 5) is 9.16. The van der Waals surface area contributed by atoms with Gasteiger partial charge in [-0.25, -0.2) is 4.98 Å². The Morgan fingerprint density at radius 3 is 2.82 bits per heavy atom. The fourth-order valence-electron chi connectivity index (χ4n) is 2.59. The van der Waals surface area contributed by atoms with Gasteiger partial charge in [-0.1, -0.05) is 30.9 Å². The van der Waals surface area contributed by atoms with E-state index in [0.29, 0.717) is 0 Å². The maximum atomic E-state index is 4.38. The van der Waals surface area contributed by atoms with Crippen molar-refractivity contribution in [3.05, 3.63) is 47.0 Å². The monoisotopic (exact) mass is 311 g/mol. The summed E-state index contributed by atoms with van der Waals surface area (Å²) in [6.45, 7) is 7.23. The lowest BCUT2D eigenvalue weighted by Gasteiger charge is -2.33. The number of hydrogen-bond donors (Lipinski definition) is 0. The van der Waals surface area contributed by atoms with Gasteiger partial charge in [0.25, 0.3) is 0 Å². The highest BCUT2D eigenvalue weighted by molar-refractivity contribution is 7.13. The molecule has 3 nitrogen and oxygen atoms in total. The first-order valence-electron chi connectivity index (χ1n) is 7.80. The smallest absolute Gasteiger partial charge is 0.185 e. The number of piperazine rings is 1. The zero-order valence-corrected chi connectivity index (χ0v) is 13.8. The molecule has 0 unspecified atom stereocenters. The van der Waals surface area contributed by atoms with E-state index in [-0.39, 0.29) is 0 Å². The summed E-state index contributed by atoms with van der Waals surface area (Å²) in [6, 6.07) is 8.53. The third-order valence-corrected chi connectivity index (χ3v) is 4.76. The third kappa shape index (κ3) is 3.88. The average Bonchev–Trinajstić information content (AvgIpc) is 3.10. The van der Waals surface area contributed by atoms with Gasteiger partial charge in [0.05, 0.1) is 6.54 Å². The number of rotatable bonds is 3. The van der Waals surface area contributed by atoms with Crippen molar-refractivity contribution in [1.29, 1.82) is 0 Å². The minimum atomic E-state index is 0.849. The number of thiazole rings is 1. The van der Waals surface area contributed by atoms with Crippen LogP contribution >= 0.6 is 11.3 Å². The molecule has 1 aliphatic heterocycles. The van der Waals surface area contributed by atoms with Crippen molar-refractivity contribution < 1.29 is 0 Å². The predicted molar refractivity (Wildman–Crippen MR) is 93.5 cm³/mol. The van der Waals surface area contributed by atoms with Gasteiger partial charge in [0, 0.05) is 43.3 Å². The second-order valence-corrected chi connectivity index (χ2v) is 6.31. The molecule has 2 aromatic rings. The van der Waals surface area contributed by atoms with Crippen molar-refractivity contribution in [3.63, 3.8) is 0 Å². The summed E-state index contributed by atoms with van der Waals surface area (Å²) in [5, 5.41) is 3.18.